The van der Waals surface area contributed by atoms with E-state index in [4.69, 9.17) is 23.2 Å². The topological polar surface area (TPSA) is 86.8 Å². The van der Waals surface area contributed by atoms with E-state index in [0.29, 0.717) is 33.4 Å². The van der Waals surface area contributed by atoms with Crippen molar-refractivity contribution in [1.29, 1.82) is 0 Å². The number of hydrogen-bond acceptors (Lipinski definition) is 4. The number of benzene rings is 3. The van der Waals surface area contributed by atoms with Crippen molar-refractivity contribution in [3.63, 3.8) is 0 Å². The van der Waals surface area contributed by atoms with Crippen LogP contribution in [0.3, 0.4) is 0 Å². The minimum atomic E-state index is -4.14. The first kappa shape index (κ1) is 30.5. The number of amides is 2. The summed E-state index contributed by atoms with van der Waals surface area (Å²) in [5.41, 5.74) is 2.37. The lowest BCUT2D eigenvalue weighted by Gasteiger charge is -2.33. The first-order chi connectivity index (χ1) is 18.5. The summed E-state index contributed by atoms with van der Waals surface area (Å²) < 4.78 is 28.9. The van der Waals surface area contributed by atoms with Gasteiger partial charge in [0.2, 0.25) is 11.8 Å². The minimum absolute atomic E-state index is 0.0492. The van der Waals surface area contributed by atoms with Crippen molar-refractivity contribution in [2.75, 3.05) is 17.4 Å². The Balaban J connectivity index is 2.09. The number of rotatable bonds is 11. The second kappa shape index (κ2) is 13.3. The van der Waals surface area contributed by atoms with Crippen LogP contribution in [0.2, 0.25) is 10.0 Å². The fraction of sp³-hybridized carbons (Fsp3) is 0.310. The van der Waals surface area contributed by atoms with Crippen molar-refractivity contribution in [3.8, 4) is 0 Å². The lowest BCUT2D eigenvalue weighted by atomic mass is 10.1. The third kappa shape index (κ3) is 7.32. The van der Waals surface area contributed by atoms with Gasteiger partial charge in [0.1, 0.15) is 12.6 Å². The van der Waals surface area contributed by atoms with Gasteiger partial charge in [-0.05, 0) is 68.7 Å². The van der Waals surface area contributed by atoms with Crippen LogP contribution in [0.15, 0.2) is 71.6 Å². The molecule has 0 radical (unpaired) electrons. The van der Waals surface area contributed by atoms with Gasteiger partial charge in [0.15, 0.2) is 0 Å². The zero-order valence-corrected chi connectivity index (χ0v) is 24.8. The Hall–Kier alpha value is -3.07. The van der Waals surface area contributed by atoms with Gasteiger partial charge in [-0.3, -0.25) is 13.9 Å². The quantitative estimate of drug-likeness (QED) is 0.308. The molecule has 0 aromatic heterocycles. The highest BCUT2D eigenvalue weighted by Gasteiger charge is 2.33. The van der Waals surface area contributed by atoms with Gasteiger partial charge in [0, 0.05) is 28.7 Å². The largest absolute Gasteiger partial charge is 0.354 e. The van der Waals surface area contributed by atoms with E-state index in [-0.39, 0.29) is 17.3 Å². The molecule has 3 aromatic carbocycles. The van der Waals surface area contributed by atoms with Gasteiger partial charge < -0.3 is 10.2 Å². The normalized spacial score (nSPS) is 12.1. The predicted molar refractivity (Wildman–Crippen MR) is 157 cm³/mol. The summed E-state index contributed by atoms with van der Waals surface area (Å²) in [4.78, 5) is 28.3. The van der Waals surface area contributed by atoms with Crippen molar-refractivity contribution < 1.29 is 18.0 Å². The van der Waals surface area contributed by atoms with E-state index in [1.54, 1.807) is 56.3 Å². The molecule has 0 heterocycles. The molecule has 0 saturated carbocycles. The molecule has 0 saturated heterocycles. The first-order valence-corrected chi connectivity index (χ1v) is 14.8. The van der Waals surface area contributed by atoms with Crippen molar-refractivity contribution in [3.05, 3.63) is 93.5 Å². The van der Waals surface area contributed by atoms with Crippen molar-refractivity contribution in [2.45, 2.75) is 51.6 Å². The summed E-state index contributed by atoms with van der Waals surface area (Å²) >= 11 is 12.8. The minimum Gasteiger partial charge on any atom is -0.354 e. The molecule has 0 aliphatic rings. The number of halogens is 2. The maximum absolute atomic E-state index is 14.0. The number of nitrogens with one attached hydrogen (secondary N) is 1. The van der Waals surface area contributed by atoms with Crippen LogP contribution in [0.5, 0.6) is 0 Å². The lowest BCUT2D eigenvalue weighted by Crippen LogP contribution is -2.51. The van der Waals surface area contributed by atoms with Gasteiger partial charge in [0.25, 0.3) is 10.0 Å². The van der Waals surface area contributed by atoms with Gasteiger partial charge in [-0.25, -0.2) is 8.42 Å². The summed E-state index contributed by atoms with van der Waals surface area (Å²) in [6.45, 7) is 6.99. The highest BCUT2D eigenvalue weighted by Crippen LogP contribution is 2.30. The average molecular weight is 591 g/mol. The van der Waals surface area contributed by atoms with Crippen LogP contribution in [0.25, 0.3) is 0 Å². The maximum atomic E-state index is 14.0. The molecule has 0 unspecified atom stereocenters. The zero-order valence-electron chi connectivity index (χ0n) is 22.4. The fourth-order valence-corrected chi connectivity index (χ4v) is 6.06. The van der Waals surface area contributed by atoms with Crippen LogP contribution < -0.4 is 9.62 Å². The van der Waals surface area contributed by atoms with E-state index in [9.17, 15) is 18.0 Å². The SMILES string of the molecule is CCCNC(=O)[C@@H](C)N(Cc1c(Cl)cccc1Cl)C(=O)CN(c1cc(C)ccc1C)S(=O)(=O)c1ccccc1. The van der Waals surface area contributed by atoms with Gasteiger partial charge >= 0.3 is 0 Å². The molecule has 0 spiro atoms. The molecule has 0 aliphatic heterocycles. The average Bonchev–Trinajstić information content (AvgIpc) is 2.91. The Morgan fingerprint density at radius 2 is 1.59 bits per heavy atom. The number of nitrogens with zero attached hydrogens (tertiary/aromatic N) is 2. The van der Waals surface area contributed by atoms with E-state index in [1.807, 2.05) is 26.0 Å². The third-order valence-corrected chi connectivity index (χ3v) is 8.83. The number of anilines is 1. The van der Waals surface area contributed by atoms with Gasteiger partial charge in [0.05, 0.1) is 10.6 Å². The molecule has 0 bridgehead atoms. The van der Waals surface area contributed by atoms with E-state index in [1.165, 1.54) is 17.0 Å². The van der Waals surface area contributed by atoms with Crippen molar-refractivity contribution in [1.82, 2.24) is 10.2 Å². The Morgan fingerprint density at radius 1 is 0.949 bits per heavy atom. The molecule has 1 atom stereocenters. The molecule has 10 heteroatoms. The number of carbonyl (C=O) groups is 2. The van der Waals surface area contributed by atoms with Crippen molar-refractivity contribution in [2.24, 2.45) is 0 Å². The van der Waals surface area contributed by atoms with Crippen LogP contribution in [0, 0.1) is 13.8 Å². The van der Waals surface area contributed by atoms with Crippen LogP contribution in [0.4, 0.5) is 5.69 Å². The summed E-state index contributed by atoms with van der Waals surface area (Å²) in [5.74, 6) is -0.942. The fourth-order valence-electron chi connectivity index (χ4n) is 4.05. The molecule has 0 fully saturated rings. The molecule has 7 nitrogen and oxygen atoms in total. The molecule has 2 amide bonds. The van der Waals surface area contributed by atoms with E-state index < -0.39 is 28.5 Å². The molecule has 3 aromatic rings. The van der Waals surface area contributed by atoms with Crippen molar-refractivity contribution >= 4 is 50.7 Å². The summed E-state index contributed by atoms with van der Waals surface area (Å²) in [6.07, 6.45) is 0.721. The van der Waals surface area contributed by atoms with Gasteiger partial charge in [-0.1, -0.05) is 66.5 Å². The van der Waals surface area contributed by atoms with E-state index in [2.05, 4.69) is 5.32 Å². The van der Waals surface area contributed by atoms with Gasteiger partial charge in [-0.15, -0.1) is 0 Å². The van der Waals surface area contributed by atoms with E-state index in [0.717, 1.165) is 16.3 Å². The summed E-state index contributed by atoms with van der Waals surface area (Å²) in [5, 5.41) is 3.48. The second-order valence-electron chi connectivity index (χ2n) is 9.30. The Bertz CT molecular complexity index is 1410. The second-order valence-corrected chi connectivity index (χ2v) is 12.0. The molecule has 3 rings (SSSR count). The third-order valence-electron chi connectivity index (χ3n) is 6.35. The van der Waals surface area contributed by atoms with Gasteiger partial charge in [-0.2, -0.15) is 0 Å². The maximum Gasteiger partial charge on any atom is 0.264 e. The molecule has 0 aliphatic carbocycles. The summed E-state index contributed by atoms with van der Waals surface area (Å²) in [6, 6.07) is 17.4. The monoisotopic (exact) mass is 589 g/mol. The Labute approximate surface area is 240 Å². The molecular formula is C29H33Cl2N3O4S. The predicted octanol–water partition coefficient (Wildman–Crippen LogP) is 5.75. The first-order valence-electron chi connectivity index (χ1n) is 12.6. The van der Waals surface area contributed by atoms with Crippen LogP contribution in [0.1, 0.15) is 37.0 Å². The lowest BCUT2D eigenvalue weighted by molar-refractivity contribution is -0.139. The smallest absolute Gasteiger partial charge is 0.264 e. The standard InChI is InChI=1S/C29H33Cl2N3O4S/c1-5-16-32-29(36)22(4)33(18-24-25(30)12-9-13-26(24)31)28(35)19-34(27-17-20(2)14-15-21(27)3)39(37,38)23-10-7-6-8-11-23/h6-15,17,22H,5,16,18-19H2,1-4H3,(H,32,36)/t22-/m1/s1. The Kier molecular flexibility index (Phi) is 10.4. The summed E-state index contributed by atoms with van der Waals surface area (Å²) in [7, 11) is -4.14. The molecule has 39 heavy (non-hydrogen) atoms. The molecule has 208 valence electrons. The number of carbonyl (C=O) groups excluding carboxylic acids is 2. The highest BCUT2D eigenvalue weighted by atomic mass is 35.5. The zero-order chi connectivity index (χ0) is 28.7. The Morgan fingerprint density at radius 3 is 2.21 bits per heavy atom. The van der Waals surface area contributed by atoms with Crippen LogP contribution in [-0.4, -0.2) is 44.3 Å². The molecule has 1 N–H and O–H groups in total. The number of hydrogen-bond donors (Lipinski definition) is 1. The van der Waals surface area contributed by atoms with Crippen LogP contribution in [-0.2, 0) is 26.2 Å². The van der Waals surface area contributed by atoms with Crippen LogP contribution >= 0.6 is 23.2 Å². The number of aryl methyl sites for hydroxylation is 2. The van der Waals surface area contributed by atoms with E-state index >= 15 is 0 Å². The highest BCUT2D eigenvalue weighted by molar-refractivity contribution is 7.92. The molecular weight excluding hydrogens is 557 g/mol. The number of sulfonamides is 1.